The van der Waals surface area contributed by atoms with E-state index in [0.717, 1.165) is 51.3 Å². The number of aromatic hydroxyl groups is 2. The molecule has 0 amide bonds. The molecule has 0 radical (unpaired) electrons. The van der Waals surface area contributed by atoms with Crippen molar-refractivity contribution in [1.82, 2.24) is 14.1 Å². The van der Waals surface area contributed by atoms with Gasteiger partial charge < -0.3 is 29.6 Å². The van der Waals surface area contributed by atoms with Gasteiger partial charge in [-0.05, 0) is 24.5 Å². The van der Waals surface area contributed by atoms with Crippen LogP contribution in [0.15, 0.2) is 54.9 Å². The van der Waals surface area contributed by atoms with E-state index in [1.165, 1.54) is 5.56 Å². The first-order chi connectivity index (χ1) is 16.3. The Hall–Kier alpha value is -3.49. The molecule has 1 aliphatic heterocycles. The first-order valence-electron chi connectivity index (χ1n) is 10.9. The lowest BCUT2D eigenvalue weighted by Gasteiger charge is -2.14. The number of aromatic amines is 1. The largest absolute Gasteiger partial charge is 0.494 e. The molecule has 174 valence electrons. The molecule has 0 fully saturated rings. The van der Waals surface area contributed by atoms with Gasteiger partial charge in [0, 0.05) is 46.4 Å². The van der Waals surface area contributed by atoms with E-state index < -0.39 is 14.6 Å². The van der Waals surface area contributed by atoms with Crippen LogP contribution in [-0.2, 0) is 28.8 Å². The smallest absolute Gasteiger partial charge is 0.471 e. The SMILES string of the molecule is O=P(O)(O)OCn1c(O)c(-c2c[nH]c3ccccc23)c(-c2cn3c4c(cccc24)CCC3)c1O. The monoisotopic (exact) mass is 479 g/mol. The maximum absolute atomic E-state index is 11.3. The normalized spacial score (nSPS) is 13.8. The van der Waals surface area contributed by atoms with Gasteiger partial charge in [-0.15, -0.1) is 0 Å². The van der Waals surface area contributed by atoms with Crippen LogP contribution in [0.25, 0.3) is 44.1 Å². The Morgan fingerprint density at radius 1 is 0.971 bits per heavy atom. The Morgan fingerprint density at radius 3 is 2.50 bits per heavy atom. The van der Waals surface area contributed by atoms with Crippen molar-refractivity contribution in [3.63, 3.8) is 0 Å². The van der Waals surface area contributed by atoms with Gasteiger partial charge in [0.05, 0.1) is 16.6 Å². The number of rotatable bonds is 5. The average molecular weight is 479 g/mol. The maximum atomic E-state index is 11.3. The van der Waals surface area contributed by atoms with Crippen LogP contribution in [-0.4, -0.2) is 34.1 Å². The molecule has 1 aliphatic rings. The summed E-state index contributed by atoms with van der Waals surface area (Å²) in [4.78, 5) is 21.6. The topological polar surface area (TPSA) is 133 Å². The van der Waals surface area contributed by atoms with Crippen LogP contribution in [0.4, 0.5) is 0 Å². The second kappa shape index (κ2) is 7.51. The summed E-state index contributed by atoms with van der Waals surface area (Å²) in [5.41, 5.74) is 5.27. The first kappa shape index (κ1) is 21.1. The van der Waals surface area contributed by atoms with E-state index in [0.29, 0.717) is 16.7 Å². The van der Waals surface area contributed by atoms with Crippen LogP contribution in [0.5, 0.6) is 11.8 Å². The van der Waals surface area contributed by atoms with Crippen LogP contribution < -0.4 is 0 Å². The molecule has 10 heteroatoms. The van der Waals surface area contributed by atoms with Gasteiger partial charge in [0.2, 0.25) is 11.8 Å². The van der Waals surface area contributed by atoms with Gasteiger partial charge in [-0.1, -0.05) is 36.4 Å². The Morgan fingerprint density at radius 2 is 1.71 bits per heavy atom. The zero-order chi connectivity index (χ0) is 23.6. The highest BCUT2D eigenvalue weighted by molar-refractivity contribution is 7.46. The quantitative estimate of drug-likeness (QED) is 0.233. The molecule has 0 unspecified atom stereocenters. The molecular formula is C24H22N3O6P. The minimum absolute atomic E-state index is 0.338. The lowest BCUT2D eigenvalue weighted by Crippen LogP contribution is -2.05. The highest BCUT2D eigenvalue weighted by atomic mass is 31.2. The van der Waals surface area contributed by atoms with Gasteiger partial charge in [0.25, 0.3) is 0 Å². The summed E-state index contributed by atoms with van der Waals surface area (Å²) in [5, 5.41) is 24.3. The van der Waals surface area contributed by atoms with E-state index in [-0.39, 0.29) is 11.8 Å². The molecule has 9 nitrogen and oxygen atoms in total. The van der Waals surface area contributed by atoms with E-state index in [1.54, 1.807) is 6.20 Å². The highest BCUT2D eigenvalue weighted by Crippen LogP contribution is 2.52. The summed E-state index contributed by atoms with van der Waals surface area (Å²) in [7, 11) is -4.84. The van der Waals surface area contributed by atoms with Crippen molar-refractivity contribution in [2.75, 3.05) is 0 Å². The van der Waals surface area contributed by atoms with Crippen LogP contribution in [0.3, 0.4) is 0 Å². The standard InChI is InChI=1S/C24H22N3O6P/c28-23-20(17-11-25-19-9-2-1-7-15(17)19)21(24(29)27(23)13-33-34(30,31)32)18-12-26-10-4-6-14-5-3-8-16(18)22(14)26/h1-3,5,7-9,11-12,25,28-29H,4,6,10,13H2,(H2,30,31,32). The third kappa shape index (κ3) is 3.17. The fourth-order valence-corrected chi connectivity index (χ4v) is 5.36. The fourth-order valence-electron chi connectivity index (χ4n) is 5.09. The van der Waals surface area contributed by atoms with E-state index in [2.05, 4.69) is 20.1 Å². The highest BCUT2D eigenvalue weighted by Gasteiger charge is 2.30. The summed E-state index contributed by atoms with van der Waals surface area (Å²) in [6.07, 6.45) is 5.68. The Bertz CT molecular complexity index is 1620. The molecule has 3 aromatic heterocycles. The van der Waals surface area contributed by atoms with Crippen LogP contribution in [0.2, 0.25) is 0 Å². The summed E-state index contributed by atoms with van der Waals surface area (Å²) in [6.45, 7) is 0.117. The van der Waals surface area contributed by atoms with E-state index in [4.69, 9.17) is 0 Å². The average Bonchev–Trinajstić information content (AvgIpc) is 3.46. The van der Waals surface area contributed by atoms with Gasteiger partial charge in [0.1, 0.15) is 6.73 Å². The number of phosphoric ester groups is 1. The lowest BCUT2D eigenvalue weighted by atomic mass is 9.96. The fraction of sp³-hybridized carbons (Fsp3) is 0.167. The third-order valence-corrected chi connectivity index (χ3v) is 6.97. The lowest BCUT2D eigenvalue weighted by molar-refractivity contribution is 0.141. The zero-order valence-electron chi connectivity index (χ0n) is 18.0. The van der Waals surface area contributed by atoms with Crippen molar-refractivity contribution >= 4 is 29.6 Å². The predicted molar refractivity (Wildman–Crippen MR) is 127 cm³/mol. The molecule has 0 saturated carbocycles. The first-order valence-corrected chi connectivity index (χ1v) is 12.4. The molecule has 2 aromatic carbocycles. The number of benzene rings is 2. The minimum atomic E-state index is -4.84. The second-order valence-electron chi connectivity index (χ2n) is 8.47. The van der Waals surface area contributed by atoms with Crippen LogP contribution in [0.1, 0.15) is 12.0 Å². The zero-order valence-corrected chi connectivity index (χ0v) is 18.9. The van der Waals surface area contributed by atoms with E-state index in [9.17, 15) is 24.6 Å². The van der Waals surface area contributed by atoms with Crippen LogP contribution in [0, 0.1) is 0 Å². The molecule has 6 rings (SSSR count). The molecule has 5 aromatic rings. The van der Waals surface area contributed by atoms with Gasteiger partial charge in [-0.25, -0.2) is 4.57 Å². The molecule has 34 heavy (non-hydrogen) atoms. The summed E-state index contributed by atoms with van der Waals surface area (Å²) in [5.74, 6) is -0.687. The molecule has 0 atom stereocenters. The molecule has 4 heterocycles. The molecule has 0 spiro atoms. The number of aryl methyl sites for hydroxylation is 2. The molecule has 5 N–H and O–H groups in total. The van der Waals surface area contributed by atoms with Crippen LogP contribution >= 0.6 is 7.82 Å². The molecule has 0 bridgehead atoms. The maximum Gasteiger partial charge on any atom is 0.471 e. The van der Waals surface area contributed by atoms with Crippen molar-refractivity contribution < 1.29 is 29.1 Å². The number of hydrogen-bond acceptors (Lipinski definition) is 4. The summed E-state index contributed by atoms with van der Waals surface area (Å²) < 4.78 is 19.1. The van der Waals surface area contributed by atoms with Crippen molar-refractivity contribution in [3.05, 3.63) is 60.4 Å². The van der Waals surface area contributed by atoms with Gasteiger partial charge >= 0.3 is 7.82 Å². The number of nitrogens with zero attached hydrogens (tertiary/aromatic N) is 2. The minimum Gasteiger partial charge on any atom is -0.494 e. The Balaban J connectivity index is 1.66. The number of H-pyrrole nitrogens is 1. The van der Waals surface area contributed by atoms with Crippen molar-refractivity contribution in [3.8, 4) is 34.0 Å². The summed E-state index contributed by atoms with van der Waals surface area (Å²) in [6, 6.07) is 13.6. The Kier molecular flexibility index (Phi) is 4.65. The number of hydrogen-bond donors (Lipinski definition) is 5. The Labute approximate surface area is 193 Å². The van der Waals surface area contributed by atoms with Crippen molar-refractivity contribution in [2.24, 2.45) is 0 Å². The summed E-state index contributed by atoms with van der Waals surface area (Å²) >= 11 is 0. The van der Waals surface area contributed by atoms with E-state index >= 15 is 0 Å². The van der Waals surface area contributed by atoms with Gasteiger partial charge in [-0.3, -0.25) is 9.09 Å². The number of nitrogens with one attached hydrogen (secondary N) is 1. The predicted octanol–water partition coefficient (Wildman–Crippen LogP) is 4.68. The molecular weight excluding hydrogens is 457 g/mol. The van der Waals surface area contributed by atoms with Crippen molar-refractivity contribution in [1.29, 1.82) is 0 Å². The number of para-hydroxylation sites is 2. The number of aromatic nitrogens is 3. The number of fused-ring (bicyclic) bond motifs is 1. The second-order valence-corrected chi connectivity index (χ2v) is 9.71. The van der Waals surface area contributed by atoms with Gasteiger partial charge in [0.15, 0.2) is 0 Å². The third-order valence-electron chi connectivity index (χ3n) is 6.52. The number of phosphoric acid groups is 1. The van der Waals surface area contributed by atoms with E-state index in [1.807, 2.05) is 42.6 Å². The molecule has 0 aliphatic carbocycles. The van der Waals surface area contributed by atoms with Gasteiger partial charge in [-0.2, -0.15) is 0 Å². The van der Waals surface area contributed by atoms with Crippen molar-refractivity contribution in [2.45, 2.75) is 26.1 Å². The molecule has 0 saturated heterocycles.